The molecule has 112 valence electrons. The minimum atomic E-state index is -1.15. The molecule has 0 radical (unpaired) electrons. The van der Waals surface area contributed by atoms with E-state index in [2.05, 4.69) is 56.1 Å². The van der Waals surface area contributed by atoms with Gasteiger partial charge in [-0.1, -0.05) is 72.7 Å². The van der Waals surface area contributed by atoms with Crippen molar-refractivity contribution in [3.8, 4) is 0 Å². The third-order valence-electron chi connectivity index (χ3n) is 3.55. The zero-order valence-corrected chi connectivity index (χ0v) is 15.0. The highest BCUT2D eigenvalue weighted by atomic mass is 35.9. The van der Waals surface area contributed by atoms with Gasteiger partial charge < -0.3 is 4.90 Å². The van der Waals surface area contributed by atoms with Gasteiger partial charge >= 0.3 is 0 Å². The van der Waals surface area contributed by atoms with Crippen LogP contribution >= 0.6 is 29.1 Å². The van der Waals surface area contributed by atoms with E-state index in [1.807, 2.05) is 18.2 Å². The Labute approximate surface area is 138 Å². The van der Waals surface area contributed by atoms with E-state index in [0.29, 0.717) is 5.92 Å². The highest BCUT2D eigenvalue weighted by Crippen LogP contribution is 2.48. The van der Waals surface area contributed by atoms with Crippen LogP contribution in [0.1, 0.15) is 30.9 Å². The summed E-state index contributed by atoms with van der Waals surface area (Å²) in [5, 5.41) is 1.12. The lowest BCUT2D eigenvalue weighted by atomic mass is 10.0. The first-order chi connectivity index (χ1) is 10.0. The molecule has 0 aliphatic rings. The Kier molecular flexibility index (Phi) is 5.93. The summed E-state index contributed by atoms with van der Waals surface area (Å²) in [7, 11) is 2.09. The van der Waals surface area contributed by atoms with Crippen LogP contribution in [0.15, 0.2) is 48.5 Å². The molecule has 4 heteroatoms. The zero-order valence-electron chi connectivity index (χ0n) is 12.6. The minimum absolute atomic E-state index is 0.421. The van der Waals surface area contributed by atoms with Crippen LogP contribution in [-0.2, 0) is 6.54 Å². The number of benzene rings is 2. The van der Waals surface area contributed by atoms with Gasteiger partial charge in [-0.15, -0.1) is 0 Å². The Morgan fingerprint density at radius 1 is 1.00 bits per heavy atom. The monoisotopic (exact) mass is 339 g/mol. The third kappa shape index (κ3) is 4.13. The average Bonchev–Trinajstić information content (AvgIpc) is 2.47. The predicted molar refractivity (Wildman–Crippen MR) is 97.3 cm³/mol. The molecule has 2 aromatic rings. The molecule has 0 amide bonds. The van der Waals surface area contributed by atoms with Crippen molar-refractivity contribution >= 4 is 40.1 Å². The molecule has 21 heavy (non-hydrogen) atoms. The first-order valence-corrected chi connectivity index (χ1v) is 10.2. The second kappa shape index (κ2) is 7.49. The quantitative estimate of drug-likeness (QED) is 0.616. The lowest BCUT2D eigenvalue weighted by molar-refractivity contribution is 0.865. The van der Waals surface area contributed by atoms with Gasteiger partial charge in [0.25, 0.3) is 0 Å². The van der Waals surface area contributed by atoms with Gasteiger partial charge in [0.2, 0.25) is 0 Å². The maximum absolute atomic E-state index is 6.30. The van der Waals surface area contributed by atoms with Crippen LogP contribution < -0.4 is 10.2 Å². The number of hydrogen-bond acceptors (Lipinski definition) is 1. The molecular formula is C17H20Cl2NP. The van der Waals surface area contributed by atoms with Crippen molar-refractivity contribution in [2.45, 2.75) is 26.3 Å². The highest BCUT2D eigenvalue weighted by Gasteiger charge is 2.18. The number of nitrogens with zero attached hydrogens (tertiary/aromatic N) is 1. The van der Waals surface area contributed by atoms with Crippen LogP contribution in [0.5, 0.6) is 0 Å². The Balaban J connectivity index is 2.34. The predicted octanol–water partition coefficient (Wildman–Crippen LogP) is 5.86. The highest BCUT2D eigenvalue weighted by molar-refractivity contribution is 8.09. The van der Waals surface area contributed by atoms with Gasteiger partial charge in [-0.2, -0.15) is 0 Å². The first kappa shape index (κ1) is 16.6. The number of anilines is 1. The zero-order chi connectivity index (χ0) is 15.4. The Morgan fingerprint density at radius 2 is 1.67 bits per heavy atom. The summed E-state index contributed by atoms with van der Waals surface area (Å²) in [5.41, 5.74) is 3.65. The van der Waals surface area contributed by atoms with Crippen molar-refractivity contribution in [2.75, 3.05) is 11.9 Å². The molecule has 0 atom stereocenters. The van der Waals surface area contributed by atoms with Gasteiger partial charge in [-0.3, -0.25) is 0 Å². The van der Waals surface area contributed by atoms with Crippen molar-refractivity contribution in [1.82, 2.24) is 0 Å². The standard InChI is InChI=1S/C17H20Cl2NP/c1-13(2)16-11-7-8-14(17(16)21(18)19)12-20(3)15-9-5-4-6-10-15/h4-11,13H,12H2,1-3H3. The summed E-state index contributed by atoms with van der Waals surface area (Å²) < 4.78 is 0. The van der Waals surface area contributed by atoms with Crippen molar-refractivity contribution in [3.05, 3.63) is 59.7 Å². The molecule has 0 unspecified atom stereocenters. The number of rotatable bonds is 5. The number of hydrogen-bond donors (Lipinski definition) is 0. The van der Waals surface area contributed by atoms with Crippen LogP contribution in [0.25, 0.3) is 0 Å². The molecule has 0 spiro atoms. The fourth-order valence-electron chi connectivity index (χ4n) is 2.44. The fraction of sp³-hybridized carbons (Fsp3) is 0.294. The topological polar surface area (TPSA) is 3.24 Å². The lowest BCUT2D eigenvalue weighted by Crippen LogP contribution is -2.22. The van der Waals surface area contributed by atoms with Crippen molar-refractivity contribution in [3.63, 3.8) is 0 Å². The largest absolute Gasteiger partial charge is 0.370 e. The molecule has 0 fully saturated rings. The molecule has 0 bridgehead atoms. The van der Waals surface area contributed by atoms with E-state index < -0.39 is 6.63 Å². The summed E-state index contributed by atoms with van der Waals surface area (Å²) >= 11 is 12.6. The van der Waals surface area contributed by atoms with Crippen LogP contribution in [0.3, 0.4) is 0 Å². The summed E-state index contributed by atoms with van der Waals surface area (Å²) in [4.78, 5) is 2.22. The van der Waals surface area contributed by atoms with Crippen LogP contribution in [0.2, 0.25) is 0 Å². The van der Waals surface area contributed by atoms with Gasteiger partial charge in [0, 0.05) is 24.6 Å². The molecule has 0 N–H and O–H groups in total. The second-order valence-corrected chi connectivity index (χ2v) is 8.89. The maximum atomic E-state index is 6.30. The molecule has 0 saturated heterocycles. The van der Waals surface area contributed by atoms with Gasteiger partial charge in [-0.25, -0.2) is 0 Å². The second-order valence-electron chi connectivity index (χ2n) is 5.43. The Morgan fingerprint density at radius 3 is 2.24 bits per heavy atom. The van der Waals surface area contributed by atoms with E-state index >= 15 is 0 Å². The summed E-state index contributed by atoms with van der Waals surface area (Å²) in [5.74, 6) is 0.421. The van der Waals surface area contributed by atoms with Crippen LogP contribution in [-0.4, -0.2) is 7.05 Å². The first-order valence-electron chi connectivity index (χ1n) is 7.00. The van der Waals surface area contributed by atoms with E-state index in [9.17, 15) is 0 Å². The van der Waals surface area contributed by atoms with E-state index in [4.69, 9.17) is 22.5 Å². The van der Waals surface area contributed by atoms with E-state index in [-0.39, 0.29) is 0 Å². The molecule has 2 rings (SSSR count). The molecule has 0 aromatic heterocycles. The fourth-order valence-corrected chi connectivity index (χ4v) is 4.57. The van der Waals surface area contributed by atoms with Crippen molar-refractivity contribution < 1.29 is 0 Å². The normalized spacial score (nSPS) is 11.2. The van der Waals surface area contributed by atoms with Gasteiger partial charge in [0.1, 0.15) is 6.63 Å². The van der Waals surface area contributed by atoms with Gasteiger partial charge in [0.15, 0.2) is 0 Å². The van der Waals surface area contributed by atoms with E-state index in [1.54, 1.807) is 0 Å². The molecule has 2 aromatic carbocycles. The number of para-hydroxylation sites is 1. The van der Waals surface area contributed by atoms with Gasteiger partial charge in [-0.05, 0) is 29.2 Å². The lowest BCUT2D eigenvalue weighted by Gasteiger charge is -2.23. The smallest absolute Gasteiger partial charge is 0.117 e. The summed E-state index contributed by atoms with van der Waals surface area (Å²) in [6.45, 7) is 4.01. The average molecular weight is 340 g/mol. The molecular weight excluding hydrogens is 320 g/mol. The van der Waals surface area contributed by atoms with Gasteiger partial charge in [0.05, 0.1) is 0 Å². The molecule has 0 heterocycles. The SMILES string of the molecule is CC(C)c1cccc(CN(C)c2ccccc2)c1P(Cl)Cl. The van der Waals surface area contributed by atoms with Crippen molar-refractivity contribution in [2.24, 2.45) is 0 Å². The van der Waals surface area contributed by atoms with E-state index in [0.717, 1.165) is 11.8 Å². The number of halogens is 2. The minimum Gasteiger partial charge on any atom is -0.370 e. The third-order valence-corrected chi connectivity index (χ3v) is 5.44. The Hall–Kier alpha value is -0.750. The van der Waals surface area contributed by atoms with Crippen LogP contribution in [0, 0.1) is 0 Å². The summed E-state index contributed by atoms with van der Waals surface area (Å²) in [6.07, 6.45) is 0. The maximum Gasteiger partial charge on any atom is 0.117 e. The molecule has 0 saturated carbocycles. The molecule has 1 nitrogen and oxygen atoms in total. The molecule has 0 aliphatic heterocycles. The van der Waals surface area contributed by atoms with Crippen molar-refractivity contribution in [1.29, 1.82) is 0 Å². The van der Waals surface area contributed by atoms with E-state index in [1.165, 1.54) is 16.8 Å². The van der Waals surface area contributed by atoms with Crippen LogP contribution in [0.4, 0.5) is 5.69 Å². The summed E-state index contributed by atoms with van der Waals surface area (Å²) in [6, 6.07) is 16.7. The molecule has 0 aliphatic carbocycles. The Bertz CT molecular complexity index is 585.